The monoisotopic (exact) mass is 304 g/mol. The van der Waals surface area contributed by atoms with Gasteiger partial charge >= 0.3 is 0 Å². The Hall–Kier alpha value is -1.29. The lowest BCUT2D eigenvalue weighted by molar-refractivity contribution is 0.373. The number of benzene rings is 1. The van der Waals surface area contributed by atoms with Gasteiger partial charge in [-0.1, -0.05) is 18.6 Å². The van der Waals surface area contributed by atoms with Crippen LogP contribution in [0.2, 0.25) is 0 Å². The Morgan fingerprint density at radius 3 is 2.62 bits per heavy atom. The molecule has 0 spiro atoms. The van der Waals surface area contributed by atoms with E-state index in [2.05, 4.69) is 29.4 Å². The first kappa shape index (κ1) is 14.6. The number of hydrogen-bond acceptors (Lipinski definition) is 2. The van der Waals surface area contributed by atoms with Gasteiger partial charge in [-0.3, -0.25) is 0 Å². The van der Waals surface area contributed by atoms with E-state index >= 15 is 0 Å². The average Bonchev–Trinajstić information content (AvgIpc) is 3.10. The molecule has 0 radical (unpaired) electrons. The number of fused-ring (bicyclic) bond motifs is 2. The molecular formula is C17H24N2OS. The van der Waals surface area contributed by atoms with Crippen LogP contribution in [0.1, 0.15) is 31.2 Å². The minimum absolute atomic E-state index is 0.606. The highest BCUT2D eigenvalue weighted by molar-refractivity contribution is 7.80. The minimum atomic E-state index is 0.606. The molecule has 0 unspecified atom stereocenters. The van der Waals surface area contributed by atoms with Crippen molar-refractivity contribution in [3.05, 3.63) is 29.8 Å². The molecule has 114 valence electrons. The first-order valence-corrected chi connectivity index (χ1v) is 8.21. The molecule has 0 amide bonds. The fourth-order valence-electron chi connectivity index (χ4n) is 3.77. The van der Waals surface area contributed by atoms with E-state index in [-0.39, 0.29) is 0 Å². The second-order valence-electron chi connectivity index (χ2n) is 6.43. The Morgan fingerprint density at radius 2 is 2.05 bits per heavy atom. The molecule has 3 atom stereocenters. The van der Waals surface area contributed by atoms with Crippen molar-refractivity contribution in [3.8, 4) is 5.75 Å². The summed E-state index contributed by atoms with van der Waals surface area (Å²) in [5.74, 6) is 2.69. The van der Waals surface area contributed by atoms with Crippen LogP contribution in [0.4, 0.5) is 0 Å². The number of ether oxygens (including phenoxy) is 1. The van der Waals surface area contributed by atoms with E-state index in [1.54, 1.807) is 7.11 Å². The molecule has 0 aromatic heterocycles. The molecule has 2 bridgehead atoms. The second kappa shape index (κ2) is 6.22. The molecule has 2 saturated carbocycles. The SMILES string of the molecule is COc1ccc(CN(C)C(=S)N[C@H]2C[C@H]3CC[C@@H]2C3)cc1. The molecular weight excluding hydrogens is 280 g/mol. The summed E-state index contributed by atoms with van der Waals surface area (Å²) >= 11 is 5.57. The lowest BCUT2D eigenvalue weighted by Gasteiger charge is -2.28. The molecule has 2 aliphatic carbocycles. The van der Waals surface area contributed by atoms with Crippen LogP contribution in [0.25, 0.3) is 0 Å². The van der Waals surface area contributed by atoms with Gasteiger partial charge in [0.25, 0.3) is 0 Å². The molecule has 1 N–H and O–H groups in total. The van der Waals surface area contributed by atoms with Crippen molar-refractivity contribution in [1.29, 1.82) is 0 Å². The number of hydrogen-bond donors (Lipinski definition) is 1. The van der Waals surface area contributed by atoms with Crippen molar-refractivity contribution in [2.24, 2.45) is 11.8 Å². The van der Waals surface area contributed by atoms with E-state index in [4.69, 9.17) is 17.0 Å². The van der Waals surface area contributed by atoms with Gasteiger partial charge in [-0.15, -0.1) is 0 Å². The smallest absolute Gasteiger partial charge is 0.169 e. The number of nitrogens with one attached hydrogen (secondary N) is 1. The Morgan fingerprint density at radius 1 is 1.29 bits per heavy atom. The largest absolute Gasteiger partial charge is 0.497 e. The molecule has 21 heavy (non-hydrogen) atoms. The van der Waals surface area contributed by atoms with Gasteiger partial charge in [-0.05, 0) is 61.0 Å². The average molecular weight is 304 g/mol. The molecule has 0 saturated heterocycles. The number of methoxy groups -OCH3 is 1. The zero-order valence-corrected chi connectivity index (χ0v) is 13.7. The lowest BCUT2D eigenvalue weighted by Crippen LogP contribution is -2.44. The summed E-state index contributed by atoms with van der Waals surface area (Å²) in [6, 6.07) is 8.78. The first-order valence-electron chi connectivity index (χ1n) is 7.80. The zero-order valence-electron chi connectivity index (χ0n) is 12.8. The van der Waals surface area contributed by atoms with Gasteiger partial charge in [0.2, 0.25) is 0 Å². The van der Waals surface area contributed by atoms with Crippen molar-refractivity contribution in [2.45, 2.75) is 38.3 Å². The van der Waals surface area contributed by atoms with E-state index in [0.29, 0.717) is 6.04 Å². The maximum absolute atomic E-state index is 5.57. The van der Waals surface area contributed by atoms with Crippen LogP contribution in [0.15, 0.2) is 24.3 Å². The van der Waals surface area contributed by atoms with Crippen molar-refractivity contribution in [1.82, 2.24) is 10.2 Å². The lowest BCUT2D eigenvalue weighted by atomic mass is 9.95. The van der Waals surface area contributed by atoms with E-state index in [9.17, 15) is 0 Å². The highest BCUT2D eigenvalue weighted by Gasteiger charge is 2.39. The summed E-state index contributed by atoms with van der Waals surface area (Å²) in [4.78, 5) is 2.13. The van der Waals surface area contributed by atoms with E-state index in [1.807, 2.05) is 12.1 Å². The van der Waals surface area contributed by atoms with Crippen LogP contribution in [-0.2, 0) is 6.54 Å². The third kappa shape index (κ3) is 3.31. The van der Waals surface area contributed by atoms with Crippen LogP contribution >= 0.6 is 12.2 Å². The van der Waals surface area contributed by atoms with Crippen molar-refractivity contribution >= 4 is 17.3 Å². The molecule has 2 aliphatic rings. The molecule has 0 aliphatic heterocycles. The number of rotatable bonds is 4. The minimum Gasteiger partial charge on any atom is -0.497 e. The van der Waals surface area contributed by atoms with Crippen molar-refractivity contribution in [3.63, 3.8) is 0 Å². The van der Waals surface area contributed by atoms with Gasteiger partial charge in [-0.25, -0.2) is 0 Å². The number of thiocarbonyl (C=S) groups is 1. The van der Waals surface area contributed by atoms with Crippen molar-refractivity contribution < 1.29 is 4.74 Å². The van der Waals surface area contributed by atoms with Crippen LogP contribution in [-0.4, -0.2) is 30.2 Å². The normalized spacial score (nSPS) is 26.7. The highest BCUT2D eigenvalue weighted by atomic mass is 32.1. The van der Waals surface area contributed by atoms with Crippen LogP contribution in [0.3, 0.4) is 0 Å². The van der Waals surface area contributed by atoms with E-state index in [0.717, 1.165) is 29.2 Å². The molecule has 4 heteroatoms. The fraction of sp³-hybridized carbons (Fsp3) is 0.588. The molecule has 0 heterocycles. The quantitative estimate of drug-likeness (QED) is 0.864. The Kier molecular flexibility index (Phi) is 4.34. The summed E-state index contributed by atoms with van der Waals surface area (Å²) in [5, 5.41) is 4.46. The standard InChI is InChI=1S/C17H24N2OS/c1-19(11-12-4-7-15(20-2)8-5-12)17(21)18-16-10-13-3-6-14(16)9-13/h4-5,7-8,13-14,16H,3,6,9-11H2,1-2H3,(H,18,21)/t13-,14+,16-/m0/s1. The first-order chi connectivity index (χ1) is 10.2. The van der Waals surface area contributed by atoms with Gasteiger partial charge in [0.05, 0.1) is 7.11 Å². The third-order valence-electron chi connectivity index (χ3n) is 4.97. The van der Waals surface area contributed by atoms with Crippen LogP contribution in [0.5, 0.6) is 5.75 Å². The van der Waals surface area contributed by atoms with Crippen LogP contribution < -0.4 is 10.1 Å². The summed E-state index contributed by atoms with van der Waals surface area (Å²) in [6.07, 6.45) is 5.52. The summed E-state index contributed by atoms with van der Waals surface area (Å²) < 4.78 is 5.19. The molecule has 3 nitrogen and oxygen atoms in total. The molecule has 2 fully saturated rings. The van der Waals surface area contributed by atoms with Gasteiger partial charge in [0, 0.05) is 19.6 Å². The Balaban J connectivity index is 1.52. The second-order valence-corrected chi connectivity index (χ2v) is 6.82. The van der Waals surface area contributed by atoms with Gasteiger partial charge in [0.15, 0.2) is 5.11 Å². The molecule has 1 aromatic carbocycles. The van der Waals surface area contributed by atoms with Gasteiger partial charge < -0.3 is 15.0 Å². The van der Waals surface area contributed by atoms with Gasteiger partial charge in [0.1, 0.15) is 5.75 Å². The highest BCUT2D eigenvalue weighted by Crippen LogP contribution is 2.44. The fourth-order valence-corrected chi connectivity index (χ4v) is 3.98. The topological polar surface area (TPSA) is 24.5 Å². The molecule has 3 rings (SSSR count). The summed E-state index contributed by atoms with van der Waals surface area (Å²) in [7, 11) is 3.75. The summed E-state index contributed by atoms with van der Waals surface area (Å²) in [5.41, 5.74) is 1.25. The van der Waals surface area contributed by atoms with Crippen molar-refractivity contribution in [2.75, 3.05) is 14.2 Å². The van der Waals surface area contributed by atoms with Crippen LogP contribution in [0, 0.1) is 11.8 Å². The molecule has 1 aromatic rings. The predicted octanol–water partition coefficient (Wildman–Crippen LogP) is 3.19. The van der Waals surface area contributed by atoms with Gasteiger partial charge in [-0.2, -0.15) is 0 Å². The Labute approximate surface area is 132 Å². The number of nitrogens with zero attached hydrogens (tertiary/aromatic N) is 1. The zero-order chi connectivity index (χ0) is 14.8. The maximum atomic E-state index is 5.57. The van der Waals surface area contributed by atoms with E-state index < -0.39 is 0 Å². The van der Waals surface area contributed by atoms with E-state index in [1.165, 1.54) is 31.2 Å². The predicted molar refractivity (Wildman–Crippen MR) is 89.4 cm³/mol. The Bertz CT molecular complexity index is 502. The summed E-state index contributed by atoms with van der Waals surface area (Å²) in [6.45, 7) is 0.830. The third-order valence-corrected chi connectivity index (χ3v) is 5.40. The maximum Gasteiger partial charge on any atom is 0.169 e.